The molecule has 0 aromatic heterocycles. The second-order valence-electron chi connectivity index (χ2n) is 6.82. The number of carbonyl (C=O) groups excluding carboxylic acids is 4. The van der Waals surface area contributed by atoms with Gasteiger partial charge in [0, 0.05) is 31.6 Å². The highest BCUT2D eigenvalue weighted by Gasteiger charge is 2.29. The van der Waals surface area contributed by atoms with Gasteiger partial charge in [-0.1, -0.05) is 54.2 Å². The average molecular weight is 426 g/mol. The molecular formula is C22H23N3O4S. The lowest BCUT2D eigenvalue weighted by Gasteiger charge is -2.13. The van der Waals surface area contributed by atoms with Gasteiger partial charge in [-0.15, -0.1) is 0 Å². The molecule has 4 amide bonds. The fraction of sp³-hybridized carbons (Fsp3) is 0.273. The predicted molar refractivity (Wildman–Crippen MR) is 115 cm³/mol. The van der Waals surface area contributed by atoms with E-state index in [1.54, 1.807) is 24.3 Å². The molecule has 1 aliphatic rings. The summed E-state index contributed by atoms with van der Waals surface area (Å²) in [6, 6.07) is 16.8. The van der Waals surface area contributed by atoms with Crippen LogP contribution in [0.4, 0.5) is 4.79 Å². The number of amides is 4. The van der Waals surface area contributed by atoms with E-state index in [0.29, 0.717) is 24.9 Å². The minimum absolute atomic E-state index is 0.0233. The lowest BCUT2D eigenvalue weighted by molar-refractivity contribution is -0.124. The summed E-state index contributed by atoms with van der Waals surface area (Å²) in [6.07, 6.45) is 1.12. The number of rotatable bonds is 9. The first kappa shape index (κ1) is 21.6. The Morgan fingerprint density at radius 2 is 1.67 bits per heavy atom. The summed E-state index contributed by atoms with van der Waals surface area (Å²) in [5.74, 6) is -0.365. The molecule has 7 nitrogen and oxygen atoms in total. The van der Waals surface area contributed by atoms with Crippen molar-refractivity contribution in [2.24, 2.45) is 0 Å². The number of nitrogens with one attached hydrogen (secondary N) is 2. The summed E-state index contributed by atoms with van der Waals surface area (Å²) < 4.78 is 0. The largest absolute Gasteiger partial charge is 0.352 e. The van der Waals surface area contributed by atoms with Crippen LogP contribution in [0.15, 0.2) is 54.6 Å². The minimum atomic E-state index is -0.278. The molecule has 2 aromatic rings. The number of nitrogens with zero attached hydrogens (tertiary/aromatic N) is 1. The van der Waals surface area contributed by atoms with Crippen LogP contribution in [0.5, 0.6) is 0 Å². The third-order valence-corrected chi connectivity index (χ3v) is 5.51. The van der Waals surface area contributed by atoms with Crippen LogP contribution in [-0.2, 0) is 22.6 Å². The molecule has 0 radical (unpaired) electrons. The number of carbonyl (C=O) groups is 4. The van der Waals surface area contributed by atoms with Crippen molar-refractivity contribution in [3.8, 4) is 0 Å². The smallest absolute Gasteiger partial charge is 0.288 e. The van der Waals surface area contributed by atoms with Gasteiger partial charge in [-0.25, -0.2) is 0 Å². The lowest BCUT2D eigenvalue weighted by Crippen LogP contribution is -2.37. The molecule has 1 heterocycles. The first-order valence-electron chi connectivity index (χ1n) is 9.68. The molecular weight excluding hydrogens is 402 g/mol. The summed E-state index contributed by atoms with van der Waals surface area (Å²) in [5, 5.41) is 5.31. The molecule has 156 valence electrons. The van der Waals surface area contributed by atoms with E-state index in [1.807, 2.05) is 30.3 Å². The molecule has 0 saturated carbocycles. The number of benzene rings is 2. The van der Waals surface area contributed by atoms with E-state index < -0.39 is 0 Å². The predicted octanol–water partition coefficient (Wildman–Crippen LogP) is 2.36. The molecule has 0 atom stereocenters. The molecule has 3 rings (SSSR count). The summed E-state index contributed by atoms with van der Waals surface area (Å²) >= 11 is 0.973. The van der Waals surface area contributed by atoms with Gasteiger partial charge in [-0.2, -0.15) is 0 Å². The van der Waals surface area contributed by atoms with Crippen LogP contribution in [0.3, 0.4) is 0 Å². The molecule has 2 N–H and O–H groups in total. The second kappa shape index (κ2) is 10.6. The quantitative estimate of drug-likeness (QED) is 0.643. The Kier molecular flexibility index (Phi) is 7.62. The topological polar surface area (TPSA) is 95.6 Å². The van der Waals surface area contributed by atoms with Gasteiger partial charge >= 0.3 is 0 Å². The Labute approximate surface area is 179 Å². The Morgan fingerprint density at radius 3 is 2.33 bits per heavy atom. The van der Waals surface area contributed by atoms with Gasteiger partial charge in [-0.05, 0) is 29.7 Å². The second-order valence-corrected chi connectivity index (χ2v) is 7.74. The summed E-state index contributed by atoms with van der Waals surface area (Å²) in [5.41, 5.74) is 2.49. The zero-order valence-electron chi connectivity index (χ0n) is 16.4. The van der Waals surface area contributed by atoms with Gasteiger partial charge in [0.05, 0.1) is 5.75 Å². The Balaban J connectivity index is 1.38. The molecule has 30 heavy (non-hydrogen) atoms. The van der Waals surface area contributed by atoms with E-state index in [0.717, 1.165) is 27.8 Å². The molecule has 0 spiro atoms. The maximum atomic E-state index is 12.2. The van der Waals surface area contributed by atoms with Gasteiger partial charge in [0.2, 0.25) is 11.8 Å². The van der Waals surface area contributed by atoms with E-state index in [4.69, 9.17) is 0 Å². The van der Waals surface area contributed by atoms with E-state index >= 15 is 0 Å². The van der Waals surface area contributed by atoms with Crippen LogP contribution in [0, 0.1) is 0 Å². The number of imide groups is 1. The first-order valence-corrected chi connectivity index (χ1v) is 10.7. The molecule has 0 bridgehead atoms. The van der Waals surface area contributed by atoms with Crippen LogP contribution in [0.2, 0.25) is 0 Å². The highest BCUT2D eigenvalue weighted by atomic mass is 32.2. The standard InChI is InChI=1S/C22H23N3O4S/c26-19(11-8-16-4-2-1-3-5-16)24-14-17-6-9-18(10-7-17)21(28)23-12-13-25-20(27)15-30-22(25)29/h1-7,9-10H,8,11-15H2,(H,23,28)(H,24,26). The van der Waals surface area contributed by atoms with Crippen molar-refractivity contribution in [2.75, 3.05) is 18.8 Å². The van der Waals surface area contributed by atoms with Gasteiger partial charge in [0.25, 0.3) is 11.1 Å². The van der Waals surface area contributed by atoms with Crippen molar-refractivity contribution < 1.29 is 19.2 Å². The van der Waals surface area contributed by atoms with Crippen LogP contribution in [0.25, 0.3) is 0 Å². The maximum Gasteiger partial charge on any atom is 0.288 e. The van der Waals surface area contributed by atoms with Gasteiger partial charge in [0.1, 0.15) is 0 Å². The number of hydrogen-bond donors (Lipinski definition) is 2. The molecule has 1 fully saturated rings. The fourth-order valence-electron chi connectivity index (χ4n) is 2.95. The van der Waals surface area contributed by atoms with Crippen molar-refractivity contribution in [3.05, 3.63) is 71.3 Å². The summed E-state index contributed by atoms with van der Waals surface area (Å²) in [7, 11) is 0. The first-order chi connectivity index (χ1) is 14.5. The van der Waals surface area contributed by atoms with Crippen molar-refractivity contribution in [1.29, 1.82) is 0 Å². The number of hydrogen-bond acceptors (Lipinski definition) is 5. The van der Waals surface area contributed by atoms with E-state index in [-0.39, 0.29) is 41.8 Å². The van der Waals surface area contributed by atoms with Crippen LogP contribution in [0.1, 0.15) is 27.9 Å². The average Bonchev–Trinajstić information content (AvgIpc) is 3.09. The summed E-state index contributed by atoms with van der Waals surface area (Å²) in [4.78, 5) is 48.4. The van der Waals surface area contributed by atoms with Gasteiger partial charge in [0.15, 0.2) is 0 Å². The molecule has 2 aromatic carbocycles. The zero-order valence-corrected chi connectivity index (χ0v) is 17.2. The van der Waals surface area contributed by atoms with Crippen molar-refractivity contribution >= 4 is 34.7 Å². The molecule has 1 aliphatic heterocycles. The highest BCUT2D eigenvalue weighted by molar-refractivity contribution is 8.14. The highest BCUT2D eigenvalue weighted by Crippen LogP contribution is 2.17. The molecule has 8 heteroatoms. The third-order valence-electron chi connectivity index (χ3n) is 4.65. The molecule has 1 saturated heterocycles. The van der Waals surface area contributed by atoms with E-state index in [9.17, 15) is 19.2 Å². The monoisotopic (exact) mass is 425 g/mol. The number of thioether (sulfide) groups is 1. The summed E-state index contributed by atoms with van der Waals surface area (Å²) in [6.45, 7) is 0.770. The minimum Gasteiger partial charge on any atom is -0.352 e. The Hall–Kier alpha value is -3.13. The van der Waals surface area contributed by atoms with Gasteiger partial charge in [-0.3, -0.25) is 24.1 Å². The third kappa shape index (κ3) is 6.18. The van der Waals surface area contributed by atoms with Gasteiger partial charge < -0.3 is 10.6 Å². The fourth-order valence-corrected chi connectivity index (χ4v) is 3.70. The van der Waals surface area contributed by atoms with Crippen LogP contribution < -0.4 is 10.6 Å². The van der Waals surface area contributed by atoms with Crippen molar-refractivity contribution in [1.82, 2.24) is 15.5 Å². The normalized spacial score (nSPS) is 13.4. The Morgan fingerprint density at radius 1 is 0.933 bits per heavy atom. The number of aryl methyl sites for hydroxylation is 1. The van der Waals surface area contributed by atoms with Crippen LogP contribution >= 0.6 is 11.8 Å². The molecule has 0 aliphatic carbocycles. The Bertz CT molecular complexity index is 900. The lowest BCUT2D eigenvalue weighted by atomic mass is 10.1. The van der Waals surface area contributed by atoms with Crippen molar-refractivity contribution in [2.45, 2.75) is 19.4 Å². The molecule has 0 unspecified atom stereocenters. The van der Waals surface area contributed by atoms with E-state index in [2.05, 4.69) is 10.6 Å². The van der Waals surface area contributed by atoms with E-state index in [1.165, 1.54) is 0 Å². The maximum absolute atomic E-state index is 12.2. The zero-order chi connectivity index (χ0) is 21.3. The van der Waals surface area contributed by atoms with Crippen LogP contribution in [-0.4, -0.2) is 46.7 Å². The van der Waals surface area contributed by atoms with Crippen molar-refractivity contribution in [3.63, 3.8) is 0 Å². The SMILES string of the molecule is O=C(CCc1ccccc1)NCc1ccc(C(=O)NCCN2C(=O)CSC2=O)cc1.